The lowest BCUT2D eigenvalue weighted by molar-refractivity contribution is 0.872. The zero-order valence-corrected chi connectivity index (χ0v) is 11.5. The van der Waals surface area contributed by atoms with Crippen molar-refractivity contribution in [3.05, 3.63) is 54.0 Å². The molecule has 0 aliphatic heterocycles. The topological polar surface area (TPSA) is 68.2 Å². The normalized spacial score (nSPS) is 12.5. The Hall–Kier alpha value is -2.56. The van der Waals surface area contributed by atoms with E-state index in [1.165, 1.54) is 11.1 Å². The number of fused-ring (bicyclic) bond motifs is 1. The van der Waals surface area contributed by atoms with Crippen molar-refractivity contribution in [2.24, 2.45) is 0 Å². The molecule has 1 unspecified atom stereocenters. The average Bonchev–Trinajstić information content (AvgIpc) is 2.87. The van der Waals surface area contributed by atoms with E-state index >= 15 is 0 Å². The van der Waals surface area contributed by atoms with Crippen LogP contribution in [0.25, 0.3) is 5.65 Å². The molecule has 0 amide bonds. The minimum absolute atomic E-state index is 0.130. The largest absolute Gasteiger partial charge is 0.382 e. The maximum Gasteiger partial charge on any atom is 0.180 e. The van der Waals surface area contributed by atoms with Crippen LogP contribution >= 0.6 is 0 Å². The Morgan fingerprint density at radius 1 is 1.25 bits per heavy atom. The predicted molar refractivity (Wildman–Crippen MR) is 80.6 cm³/mol. The van der Waals surface area contributed by atoms with Crippen molar-refractivity contribution in [2.45, 2.75) is 19.9 Å². The van der Waals surface area contributed by atoms with E-state index in [4.69, 9.17) is 5.73 Å². The van der Waals surface area contributed by atoms with E-state index in [2.05, 4.69) is 53.4 Å². The average molecular weight is 267 g/mol. The molecule has 0 saturated carbocycles. The molecule has 3 N–H and O–H groups in total. The molecular formula is C15H17N5. The van der Waals surface area contributed by atoms with Crippen LogP contribution in [0.2, 0.25) is 0 Å². The highest BCUT2D eigenvalue weighted by atomic mass is 15.1. The fraction of sp³-hybridized carbons (Fsp3) is 0.200. The van der Waals surface area contributed by atoms with Crippen molar-refractivity contribution < 1.29 is 0 Å². The molecule has 5 heteroatoms. The van der Waals surface area contributed by atoms with Crippen LogP contribution in [0.3, 0.4) is 0 Å². The number of rotatable bonds is 3. The van der Waals surface area contributed by atoms with E-state index < -0.39 is 0 Å². The molecule has 1 aromatic carbocycles. The Morgan fingerprint density at radius 2 is 2.00 bits per heavy atom. The van der Waals surface area contributed by atoms with Gasteiger partial charge in [-0.15, -0.1) is 0 Å². The zero-order valence-electron chi connectivity index (χ0n) is 11.5. The Balaban J connectivity index is 1.92. The first-order chi connectivity index (χ1) is 9.63. The summed E-state index contributed by atoms with van der Waals surface area (Å²) in [6.45, 7) is 4.17. The van der Waals surface area contributed by atoms with Gasteiger partial charge in [-0.1, -0.05) is 29.8 Å². The van der Waals surface area contributed by atoms with Crippen LogP contribution in [0.5, 0.6) is 0 Å². The second kappa shape index (κ2) is 4.85. The number of hydrogen-bond acceptors (Lipinski definition) is 4. The van der Waals surface area contributed by atoms with E-state index in [9.17, 15) is 0 Å². The van der Waals surface area contributed by atoms with Crippen molar-refractivity contribution in [3.8, 4) is 0 Å². The van der Waals surface area contributed by atoms with E-state index in [1.807, 2.05) is 10.6 Å². The van der Waals surface area contributed by atoms with Gasteiger partial charge >= 0.3 is 0 Å². The minimum atomic E-state index is 0.130. The van der Waals surface area contributed by atoms with Crippen LogP contribution in [-0.2, 0) is 0 Å². The molecule has 0 saturated heterocycles. The molecular weight excluding hydrogens is 250 g/mol. The molecule has 0 radical (unpaired) electrons. The summed E-state index contributed by atoms with van der Waals surface area (Å²) in [6.07, 6.45) is 5.34. The molecule has 2 aromatic heterocycles. The van der Waals surface area contributed by atoms with Crippen molar-refractivity contribution >= 4 is 17.3 Å². The summed E-state index contributed by atoms with van der Waals surface area (Å²) in [6, 6.07) is 8.56. The Kier molecular flexibility index (Phi) is 3.02. The molecule has 0 bridgehead atoms. The first kappa shape index (κ1) is 12.5. The van der Waals surface area contributed by atoms with Gasteiger partial charge in [0.05, 0.1) is 12.2 Å². The van der Waals surface area contributed by atoms with Crippen LogP contribution in [0.1, 0.15) is 24.1 Å². The number of hydrogen-bond donors (Lipinski definition) is 2. The summed E-state index contributed by atoms with van der Waals surface area (Å²) in [7, 11) is 0. The molecule has 3 rings (SSSR count). The summed E-state index contributed by atoms with van der Waals surface area (Å²) in [5, 5.41) is 3.37. The fourth-order valence-electron chi connectivity index (χ4n) is 2.19. The molecule has 20 heavy (non-hydrogen) atoms. The second-order valence-corrected chi connectivity index (χ2v) is 4.95. The monoisotopic (exact) mass is 267 g/mol. The van der Waals surface area contributed by atoms with Crippen molar-refractivity contribution in [2.75, 3.05) is 11.1 Å². The highest BCUT2D eigenvalue weighted by molar-refractivity contribution is 5.65. The van der Waals surface area contributed by atoms with Gasteiger partial charge < -0.3 is 15.5 Å². The van der Waals surface area contributed by atoms with E-state index in [-0.39, 0.29) is 6.04 Å². The van der Waals surface area contributed by atoms with Crippen molar-refractivity contribution in [3.63, 3.8) is 0 Å². The molecule has 5 nitrogen and oxygen atoms in total. The molecule has 2 heterocycles. The lowest BCUT2D eigenvalue weighted by atomic mass is 10.1. The summed E-state index contributed by atoms with van der Waals surface area (Å²) in [5.74, 6) is 1.16. The molecule has 0 aliphatic carbocycles. The highest BCUT2D eigenvalue weighted by Gasteiger charge is 2.10. The van der Waals surface area contributed by atoms with Crippen LogP contribution in [0.4, 0.5) is 11.6 Å². The Bertz CT molecular complexity index is 730. The number of benzene rings is 1. The van der Waals surface area contributed by atoms with Crippen LogP contribution in [0.15, 0.2) is 42.9 Å². The summed E-state index contributed by atoms with van der Waals surface area (Å²) in [5.41, 5.74) is 9.04. The number of nitrogens with zero attached hydrogens (tertiary/aromatic N) is 3. The van der Waals surface area contributed by atoms with Gasteiger partial charge in [-0.25, -0.2) is 9.97 Å². The minimum Gasteiger partial charge on any atom is -0.382 e. The molecule has 0 spiro atoms. The van der Waals surface area contributed by atoms with Gasteiger partial charge in [-0.3, -0.25) is 0 Å². The number of aryl methyl sites for hydroxylation is 1. The number of nitrogens with one attached hydrogen (secondary N) is 1. The lowest BCUT2D eigenvalue weighted by Gasteiger charge is -2.16. The molecule has 0 fully saturated rings. The quantitative estimate of drug-likeness (QED) is 0.765. The summed E-state index contributed by atoms with van der Waals surface area (Å²) < 4.78 is 1.87. The number of aromatic nitrogens is 3. The van der Waals surface area contributed by atoms with Crippen molar-refractivity contribution in [1.29, 1.82) is 0 Å². The standard InChI is InChI=1S/C15H17N5/c1-10-3-5-12(6-4-10)11(2)18-14-15-17-7-8-20(15)9-13(16)19-14/h3-9,11H,16H2,1-2H3,(H,18,19). The number of nitrogens with two attached hydrogens (primary N) is 1. The maximum atomic E-state index is 5.82. The van der Waals surface area contributed by atoms with Crippen molar-refractivity contribution in [1.82, 2.24) is 14.4 Å². The predicted octanol–water partition coefficient (Wildman–Crippen LogP) is 2.79. The van der Waals surface area contributed by atoms with Crippen LogP contribution in [0, 0.1) is 6.92 Å². The first-order valence-corrected chi connectivity index (χ1v) is 6.56. The SMILES string of the molecule is Cc1ccc(C(C)Nc2nc(N)cn3ccnc23)cc1. The molecule has 102 valence electrons. The Morgan fingerprint density at radius 3 is 2.75 bits per heavy atom. The fourth-order valence-corrected chi connectivity index (χ4v) is 2.19. The third-order valence-corrected chi connectivity index (χ3v) is 3.32. The second-order valence-electron chi connectivity index (χ2n) is 4.95. The molecule has 0 aliphatic rings. The van der Waals surface area contributed by atoms with Gasteiger partial charge in [0.2, 0.25) is 0 Å². The zero-order chi connectivity index (χ0) is 14.1. The highest BCUT2D eigenvalue weighted by Crippen LogP contribution is 2.22. The van der Waals surface area contributed by atoms with Gasteiger partial charge in [0.15, 0.2) is 11.5 Å². The van der Waals surface area contributed by atoms with Gasteiger partial charge in [0, 0.05) is 12.4 Å². The molecule has 3 aromatic rings. The van der Waals surface area contributed by atoms with Crippen LogP contribution in [-0.4, -0.2) is 14.4 Å². The molecule has 1 atom stereocenters. The number of nitrogen functional groups attached to an aromatic ring is 1. The van der Waals surface area contributed by atoms with Crippen LogP contribution < -0.4 is 11.1 Å². The first-order valence-electron chi connectivity index (χ1n) is 6.56. The third kappa shape index (κ3) is 2.30. The van der Waals surface area contributed by atoms with Gasteiger partial charge in [-0.2, -0.15) is 0 Å². The smallest absolute Gasteiger partial charge is 0.180 e. The lowest BCUT2D eigenvalue weighted by Crippen LogP contribution is -2.10. The third-order valence-electron chi connectivity index (χ3n) is 3.32. The van der Waals surface area contributed by atoms with E-state index in [1.54, 1.807) is 12.4 Å². The van der Waals surface area contributed by atoms with Gasteiger partial charge in [-0.05, 0) is 19.4 Å². The van der Waals surface area contributed by atoms with E-state index in [0.717, 1.165) is 5.65 Å². The van der Waals surface area contributed by atoms with Gasteiger partial charge in [0.25, 0.3) is 0 Å². The summed E-state index contributed by atoms with van der Waals surface area (Å²) >= 11 is 0. The Labute approximate surface area is 117 Å². The summed E-state index contributed by atoms with van der Waals surface area (Å²) in [4.78, 5) is 8.64. The maximum absolute atomic E-state index is 5.82. The number of imidazole rings is 1. The van der Waals surface area contributed by atoms with E-state index in [0.29, 0.717) is 11.6 Å². The van der Waals surface area contributed by atoms with Gasteiger partial charge in [0.1, 0.15) is 5.82 Å². The number of anilines is 2.